The standard InChI is InChI=1S/C14H18N4/c15-11-12-3-8-16-17-13(12)18-9-6-14(7-10-18)4-1-2-5-14/h3,8H,1-2,4-7,9-10H2. The van der Waals surface area contributed by atoms with E-state index >= 15 is 0 Å². The lowest BCUT2D eigenvalue weighted by atomic mass is 9.77. The number of anilines is 1. The van der Waals surface area contributed by atoms with E-state index in [1.807, 2.05) is 0 Å². The molecule has 1 aliphatic heterocycles. The van der Waals surface area contributed by atoms with Crippen LogP contribution in [-0.4, -0.2) is 23.3 Å². The Balaban J connectivity index is 1.74. The fraction of sp³-hybridized carbons (Fsp3) is 0.643. The highest BCUT2D eigenvalue weighted by atomic mass is 15.3. The van der Waals surface area contributed by atoms with E-state index in [1.54, 1.807) is 12.3 Å². The molecule has 0 unspecified atom stereocenters. The molecule has 0 aromatic carbocycles. The van der Waals surface area contributed by atoms with Crippen LogP contribution in [0.5, 0.6) is 0 Å². The van der Waals surface area contributed by atoms with Gasteiger partial charge in [0.2, 0.25) is 0 Å². The van der Waals surface area contributed by atoms with Crippen molar-refractivity contribution >= 4 is 5.82 Å². The number of nitrogens with zero attached hydrogens (tertiary/aromatic N) is 4. The molecule has 1 spiro atoms. The summed E-state index contributed by atoms with van der Waals surface area (Å²) in [5.41, 5.74) is 1.25. The van der Waals surface area contributed by atoms with Crippen molar-refractivity contribution in [1.82, 2.24) is 10.2 Å². The lowest BCUT2D eigenvalue weighted by molar-refractivity contribution is 0.226. The Hall–Kier alpha value is -1.63. The average Bonchev–Trinajstić information content (AvgIpc) is 2.88. The van der Waals surface area contributed by atoms with Crippen molar-refractivity contribution < 1.29 is 0 Å². The lowest BCUT2D eigenvalue weighted by Crippen LogP contribution is -2.39. The zero-order valence-electron chi connectivity index (χ0n) is 10.6. The van der Waals surface area contributed by atoms with Gasteiger partial charge in [-0.05, 0) is 37.2 Å². The van der Waals surface area contributed by atoms with Gasteiger partial charge in [0.25, 0.3) is 0 Å². The zero-order chi connectivity index (χ0) is 12.4. The minimum Gasteiger partial charge on any atom is -0.354 e. The maximum Gasteiger partial charge on any atom is 0.169 e. The van der Waals surface area contributed by atoms with Crippen molar-refractivity contribution in [3.63, 3.8) is 0 Å². The molecule has 94 valence electrons. The van der Waals surface area contributed by atoms with Crippen molar-refractivity contribution in [3.05, 3.63) is 17.8 Å². The molecule has 1 aromatic heterocycles. The summed E-state index contributed by atoms with van der Waals surface area (Å²) in [5.74, 6) is 0.771. The molecule has 2 fully saturated rings. The molecule has 0 bridgehead atoms. The minimum atomic E-state index is 0.603. The third-order valence-corrected chi connectivity index (χ3v) is 4.61. The second kappa shape index (κ2) is 4.56. The Morgan fingerprint density at radius 3 is 2.56 bits per heavy atom. The summed E-state index contributed by atoms with van der Waals surface area (Å²) in [5, 5.41) is 17.2. The van der Waals surface area contributed by atoms with Gasteiger partial charge in [0.1, 0.15) is 6.07 Å². The van der Waals surface area contributed by atoms with Crippen molar-refractivity contribution in [1.29, 1.82) is 5.26 Å². The summed E-state index contributed by atoms with van der Waals surface area (Å²) in [4.78, 5) is 2.23. The van der Waals surface area contributed by atoms with Gasteiger partial charge in [-0.15, -0.1) is 5.10 Å². The smallest absolute Gasteiger partial charge is 0.169 e. The third-order valence-electron chi connectivity index (χ3n) is 4.61. The molecule has 3 rings (SSSR count). The van der Waals surface area contributed by atoms with Gasteiger partial charge in [-0.3, -0.25) is 0 Å². The van der Waals surface area contributed by atoms with E-state index in [-0.39, 0.29) is 0 Å². The fourth-order valence-corrected chi connectivity index (χ4v) is 3.46. The first-order valence-electron chi connectivity index (χ1n) is 6.80. The quantitative estimate of drug-likeness (QED) is 0.759. The van der Waals surface area contributed by atoms with E-state index in [0.717, 1.165) is 18.9 Å². The highest BCUT2D eigenvalue weighted by Crippen LogP contribution is 2.46. The highest BCUT2D eigenvalue weighted by Gasteiger charge is 2.37. The molecule has 1 aliphatic carbocycles. The van der Waals surface area contributed by atoms with E-state index in [1.165, 1.54) is 38.5 Å². The molecule has 1 saturated heterocycles. The van der Waals surface area contributed by atoms with Gasteiger partial charge in [-0.1, -0.05) is 12.8 Å². The fourth-order valence-electron chi connectivity index (χ4n) is 3.46. The van der Waals surface area contributed by atoms with E-state index in [9.17, 15) is 0 Å². The Morgan fingerprint density at radius 1 is 1.17 bits per heavy atom. The van der Waals surface area contributed by atoms with Crippen LogP contribution in [-0.2, 0) is 0 Å². The molecule has 0 radical (unpaired) electrons. The van der Waals surface area contributed by atoms with Crippen LogP contribution in [0.25, 0.3) is 0 Å². The van der Waals surface area contributed by atoms with Crippen LogP contribution >= 0.6 is 0 Å². The molecule has 2 heterocycles. The largest absolute Gasteiger partial charge is 0.354 e. The molecule has 2 aliphatic rings. The van der Waals surface area contributed by atoms with Crippen LogP contribution in [0, 0.1) is 16.7 Å². The second-order valence-corrected chi connectivity index (χ2v) is 5.57. The number of nitriles is 1. The van der Waals surface area contributed by atoms with Crippen molar-refractivity contribution in [3.8, 4) is 6.07 Å². The Kier molecular flexibility index (Phi) is 2.91. The van der Waals surface area contributed by atoms with E-state index in [2.05, 4.69) is 21.2 Å². The van der Waals surface area contributed by atoms with Gasteiger partial charge in [0.05, 0.1) is 11.8 Å². The summed E-state index contributed by atoms with van der Waals surface area (Å²) in [7, 11) is 0. The summed E-state index contributed by atoms with van der Waals surface area (Å²) < 4.78 is 0. The zero-order valence-corrected chi connectivity index (χ0v) is 10.6. The summed E-state index contributed by atoms with van der Waals surface area (Å²) in [6.07, 6.45) is 9.66. The van der Waals surface area contributed by atoms with Gasteiger partial charge in [0, 0.05) is 13.1 Å². The van der Waals surface area contributed by atoms with Crippen molar-refractivity contribution in [2.24, 2.45) is 5.41 Å². The molecule has 4 heteroatoms. The topological polar surface area (TPSA) is 52.8 Å². The van der Waals surface area contributed by atoms with E-state index < -0.39 is 0 Å². The van der Waals surface area contributed by atoms with Crippen molar-refractivity contribution in [2.45, 2.75) is 38.5 Å². The van der Waals surface area contributed by atoms with Gasteiger partial charge < -0.3 is 4.90 Å². The van der Waals surface area contributed by atoms with E-state index in [0.29, 0.717) is 11.0 Å². The minimum absolute atomic E-state index is 0.603. The van der Waals surface area contributed by atoms with Gasteiger partial charge in [-0.25, -0.2) is 0 Å². The molecular weight excluding hydrogens is 224 g/mol. The monoisotopic (exact) mass is 242 g/mol. The van der Waals surface area contributed by atoms with Crippen LogP contribution < -0.4 is 4.90 Å². The van der Waals surface area contributed by atoms with Crippen LogP contribution in [0.4, 0.5) is 5.82 Å². The number of hydrogen-bond donors (Lipinski definition) is 0. The first kappa shape index (κ1) is 11.5. The van der Waals surface area contributed by atoms with E-state index in [4.69, 9.17) is 5.26 Å². The van der Waals surface area contributed by atoms with Gasteiger partial charge in [-0.2, -0.15) is 10.4 Å². The van der Waals surface area contributed by atoms with Gasteiger partial charge >= 0.3 is 0 Å². The SMILES string of the molecule is N#Cc1ccnnc1N1CCC2(CCCC2)CC1. The van der Waals surface area contributed by atoms with Crippen LogP contribution in [0.1, 0.15) is 44.1 Å². The van der Waals surface area contributed by atoms with Crippen LogP contribution in [0.3, 0.4) is 0 Å². The Bertz CT molecular complexity index is 461. The highest BCUT2D eigenvalue weighted by molar-refractivity contribution is 5.52. The van der Waals surface area contributed by atoms with Crippen molar-refractivity contribution in [2.75, 3.05) is 18.0 Å². The van der Waals surface area contributed by atoms with Gasteiger partial charge in [0.15, 0.2) is 5.82 Å². The summed E-state index contributed by atoms with van der Waals surface area (Å²) in [6.45, 7) is 2.04. The molecule has 1 saturated carbocycles. The Labute approximate surface area is 108 Å². The predicted octanol–water partition coefficient (Wildman–Crippen LogP) is 2.51. The average molecular weight is 242 g/mol. The number of piperidine rings is 1. The molecule has 1 aromatic rings. The summed E-state index contributed by atoms with van der Waals surface area (Å²) in [6, 6.07) is 3.96. The molecule has 18 heavy (non-hydrogen) atoms. The maximum absolute atomic E-state index is 9.11. The molecule has 0 amide bonds. The number of hydrogen-bond acceptors (Lipinski definition) is 4. The molecular formula is C14H18N4. The first-order chi connectivity index (χ1) is 8.83. The summed E-state index contributed by atoms with van der Waals surface area (Å²) >= 11 is 0. The second-order valence-electron chi connectivity index (χ2n) is 5.57. The molecule has 0 atom stereocenters. The maximum atomic E-state index is 9.11. The normalized spacial score (nSPS) is 22.1. The lowest BCUT2D eigenvalue weighted by Gasteiger charge is -2.39. The number of rotatable bonds is 1. The van der Waals surface area contributed by atoms with Crippen LogP contribution in [0.2, 0.25) is 0 Å². The van der Waals surface area contributed by atoms with Crippen LogP contribution in [0.15, 0.2) is 12.3 Å². The predicted molar refractivity (Wildman–Crippen MR) is 69.1 cm³/mol. The number of aromatic nitrogens is 2. The molecule has 4 nitrogen and oxygen atoms in total. The molecule has 0 N–H and O–H groups in total. The first-order valence-corrected chi connectivity index (χ1v) is 6.80. The third kappa shape index (κ3) is 1.94. The Morgan fingerprint density at radius 2 is 1.89 bits per heavy atom.